The number of hydrogen-bond acceptors (Lipinski definition) is 2. The lowest BCUT2D eigenvalue weighted by Crippen LogP contribution is -2.34. The summed E-state index contributed by atoms with van der Waals surface area (Å²) in [6, 6.07) is 7.20. The Labute approximate surface area is 106 Å². The van der Waals surface area contributed by atoms with E-state index in [1.165, 1.54) is 6.08 Å². The molecule has 2 amide bonds. The van der Waals surface area contributed by atoms with Crippen LogP contribution >= 0.6 is 0 Å². The molecular weight excluding hydrogens is 232 g/mol. The molecule has 0 saturated heterocycles. The molecule has 1 aromatic rings. The van der Waals surface area contributed by atoms with Gasteiger partial charge in [0.2, 0.25) is 0 Å². The Hall–Kier alpha value is -2.30. The number of hydrogen-bond donors (Lipinski definition) is 2. The molecule has 18 heavy (non-hydrogen) atoms. The van der Waals surface area contributed by atoms with E-state index in [1.54, 1.807) is 19.0 Å². The Balaban J connectivity index is 2.76. The Kier molecular flexibility index (Phi) is 4.92. The van der Waals surface area contributed by atoms with E-state index in [0.717, 1.165) is 17.2 Å². The molecule has 1 rings (SSSR count). The standard InChI is InChI=1S/C13H16N2O3/c1-14-13(18)15(2)9-11-5-3-4-10(8-11)6-7-12(16)17/h3-8H,9H2,1-2H3,(H,14,18)(H,16,17)/b7-6+. The molecular formula is C13H16N2O3. The molecule has 5 heteroatoms. The third-order valence-corrected chi connectivity index (χ3v) is 2.35. The van der Waals surface area contributed by atoms with Crippen molar-refractivity contribution in [1.29, 1.82) is 0 Å². The Bertz CT molecular complexity index is 469. The Morgan fingerprint density at radius 1 is 1.44 bits per heavy atom. The van der Waals surface area contributed by atoms with Crippen LogP contribution in [0.3, 0.4) is 0 Å². The summed E-state index contributed by atoms with van der Waals surface area (Å²) in [6.45, 7) is 0.467. The van der Waals surface area contributed by atoms with Crippen LogP contribution in [0.15, 0.2) is 30.3 Å². The monoisotopic (exact) mass is 248 g/mol. The fourth-order valence-corrected chi connectivity index (χ4v) is 1.50. The summed E-state index contributed by atoms with van der Waals surface area (Å²) >= 11 is 0. The van der Waals surface area contributed by atoms with Crippen molar-refractivity contribution in [2.24, 2.45) is 0 Å². The molecule has 0 radical (unpaired) electrons. The predicted octanol–water partition coefficient (Wildman–Crippen LogP) is 1.56. The minimum Gasteiger partial charge on any atom is -0.478 e. The molecule has 0 aromatic heterocycles. The van der Waals surface area contributed by atoms with E-state index >= 15 is 0 Å². The van der Waals surface area contributed by atoms with E-state index in [1.807, 2.05) is 24.3 Å². The van der Waals surface area contributed by atoms with Crippen molar-refractivity contribution in [3.8, 4) is 0 Å². The number of aliphatic carboxylic acids is 1. The lowest BCUT2D eigenvalue weighted by atomic mass is 10.1. The molecule has 96 valence electrons. The molecule has 0 fully saturated rings. The number of carboxylic acid groups (broad SMARTS) is 1. The number of carboxylic acids is 1. The third-order valence-electron chi connectivity index (χ3n) is 2.35. The summed E-state index contributed by atoms with van der Waals surface area (Å²) in [5.74, 6) is -0.983. The molecule has 0 aliphatic rings. The van der Waals surface area contributed by atoms with Gasteiger partial charge < -0.3 is 15.3 Å². The average molecular weight is 248 g/mol. The average Bonchev–Trinajstić information content (AvgIpc) is 2.35. The number of nitrogens with one attached hydrogen (secondary N) is 1. The van der Waals surface area contributed by atoms with Gasteiger partial charge in [-0.25, -0.2) is 9.59 Å². The van der Waals surface area contributed by atoms with E-state index in [9.17, 15) is 9.59 Å². The molecule has 0 heterocycles. The molecule has 0 aliphatic heterocycles. The first-order valence-electron chi connectivity index (χ1n) is 5.45. The maximum absolute atomic E-state index is 11.3. The highest BCUT2D eigenvalue weighted by molar-refractivity contribution is 5.85. The van der Waals surface area contributed by atoms with Gasteiger partial charge in [-0.05, 0) is 23.3 Å². The van der Waals surface area contributed by atoms with Gasteiger partial charge >= 0.3 is 12.0 Å². The van der Waals surface area contributed by atoms with Crippen molar-refractivity contribution in [1.82, 2.24) is 10.2 Å². The van der Waals surface area contributed by atoms with E-state index in [2.05, 4.69) is 5.32 Å². The molecule has 2 N–H and O–H groups in total. The number of urea groups is 1. The molecule has 0 aliphatic carbocycles. The van der Waals surface area contributed by atoms with Crippen molar-refractivity contribution in [3.63, 3.8) is 0 Å². The number of nitrogens with zero attached hydrogens (tertiary/aromatic N) is 1. The van der Waals surface area contributed by atoms with Crippen molar-refractivity contribution >= 4 is 18.1 Å². The van der Waals surface area contributed by atoms with E-state index < -0.39 is 5.97 Å². The molecule has 1 aromatic carbocycles. The molecule has 0 unspecified atom stereocenters. The fourth-order valence-electron chi connectivity index (χ4n) is 1.50. The van der Waals surface area contributed by atoms with E-state index in [0.29, 0.717) is 6.54 Å². The quantitative estimate of drug-likeness (QED) is 0.794. The summed E-state index contributed by atoms with van der Waals surface area (Å²) in [7, 11) is 3.27. The van der Waals surface area contributed by atoms with Gasteiger partial charge in [-0.1, -0.05) is 18.2 Å². The second kappa shape index (κ2) is 6.44. The minimum absolute atomic E-state index is 0.165. The van der Waals surface area contributed by atoms with Crippen LogP contribution in [0.25, 0.3) is 6.08 Å². The minimum atomic E-state index is -0.983. The van der Waals surface area contributed by atoms with Gasteiger partial charge in [-0.2, -0.15) is 0 Å². The van der Waals surface area contributed by atoms with Crippen LogP contribution < -0.4 is 5.32 Å². The van der Waals surface area contributed by atoms with Crippen molar-refractivity contribution < 1.29 is 14.7 Å². The number of carbonyl (C=O) groups excluding carboxylic acids is 1. The van der Waals surface area contributed by atoms with Crippen molar-refractivity contribution in [2.45, 2.75) is 6.54 Å². The number of carbonyl (C=O) groups is 2. The Morgan fingerprint density at radius 2 is 2.17 bits per heavy atom. The summed E-state index contributed by atoms with van der Waals surface area (Å²) in [6.07, 6.45) is 2.60. The molecule has 5 nitrogen and oxygen atoms in total. The zero-order chi connectivity index (χ0) is 13.5. The molecule has 0 saturated carbocycles. The van der Waals surface area contributed by atoms with Crippen LogP contribution in [-0.2, 0) is 11.3 Å². The lowest BCUT2D eigenvalue weighted by molar-refractivity contribution is -0.131. The number of rotatable bonds is 4. The summed E-state index contributed by atoms with van der Waals surface area (Å²) in [4.78, 5) is 23.3. The summed E-state index contributed by atoms with van der Waals surface area (Å²) in [5.41, 5.74) is 1.73. The van der Waals surface area contributed by atoms with Crippen LogP contribution in [0.5, 0.6) is 0 Å². The van der Waals surface area contributed by atoms with Gasteiger partial charge in [0.15, 0.2) is 0 Å². The van der Waals surface area contributed by atoms with Gasteiger partial charge in [-0.15, -0.1) is 0 Å². The van der Waals surface area contributed by atoms with Gasteiger partial charge in [0.05, 0.1) is 0 Å². The van der Waals surface area contributed by atoms with Crippen LogP contribution in [-0.4, -0.2) is 36.1 Å². The SMILES string of the molecule is CNC(=O)N(C)Cc1cccc(/C=C/C(=O)O)c1. The Morgan fingerprint density at radius 3 is 2.78 bits per heavy atom. The molecule has 0 bridgehead atoms. The van der Waals surface area contributed by atoms with Crippen molar-refractivity contribution in [2.75, 3.05) is 14.1 Å². The topological polar surface area (TPSA) is 69.6 Å². The summed E-state index contributed by atoms with van der Waals surface area (Å²) < 4.78 is 0. The predicted molar refractivity (Wildman–Crippen MR) is 69.0 cm³/mol. The van der Waals surface area contributed by atoms with Gasteiger partial charge in [0.1, 0.15) is 0 Å². The van der Waals surface area contributed by atoms with Gasteiger partial charge in [-0.3, -0.25) is 0 Å². The maximum atomic E-state index is 11.3. The zero-order valence-corrected chi connectivity index (χ0v) is 10.4. The van der Waals surface area contributed by atoms with Crippen LogP contribution in [0.1, 0.15) is 11.1 Å². The molecule has 0 atom stereocenters. The third kappa shape index (κ3) is 4.29. The smallest absolute Gasteiger partial charge is 0.328 e. The zero-order valence-electron chi connectivity index (χ0n) is 10.4. The number of amides is 2. The highest BCUT2D eigenvalue weighted by atomic mass is 16.4. The largest absolute Gasteiger partial charge is 0.478 e. The van der Waals surface area contributed by atoms with E-state index in [4.69, 9.17) is 5.11 Å². The highest BCUT2D eigenvalue weighted by Crippen LogP contribution is 2.09. The van der Waals surface area contributed by atoms with Gasteiger partial charge in [0.25, 0.3) is 0 Å². The second-order valence-electron chi connectivity index (χ2n) is 3.83. The van der Waals surface area contributed by atoms with E-state index in [-0.39, 0.29) is 6.03 Å². The number of benzene rings is 1. The first kappa shape index (κ1) is 13.8. The van der Waals surface area contributed by atoms with Crippen LogP contribution in [0, 0.1) is 0 Å². The van der Waals surface area contributed by atoms with Crippen molar-refractivity contribution in [3.05, 3.63) is 41.5 Å². The fraction of sp³-hybridized carbons (Fsp3) is 0.231. The summed E-state index contributed by atoms with van der Waals surface area (Å²) in [5, 5.41) is 11.1. The highest BCUT2D eigenvalue weighted by Gasteiger charge is 2.06. The van der Waals surface area contributed by atoms with Crippen LogP contribution in [0.2, 0.25) is 0 Å². The second-order valence-corrected chi connectivity index (χ2v) is 3.83. The normalized spacial score (nSPS) is 10.3. The lowest BCUT2D eigenvalue weighted by Gasteiger charge is -2.16. The first-order chi connectivity index (χ1) is 8.52. The van der Waals surface area contributed by atoms with Gasteiger partial charge in [0, 0.05) is 26.7 Å². The first-order valence-corrected chi connectivity index (χ1v) is 5.45. The maximum Gasteiger partial charge on any atom is 0.328 e. The molecule has 0 spiro atoms. The van der Waals surface area contributed by atoms with Crippen LogP contribution in [0.4, 0.5) is 4.79 Å².